The van der Waals surface area contributed by atoms with Gasteiger partial charge in [0.15, 0.2) is 9.90 Å². The molecule has 9 heteroatoms. The number of thiazole rings is 1. The molecule has 0 radical (unpaired) electrons. The third kappa shape index (κ3) is 3.79. The summed E-state index contributed by atoms with van der Waals surface area (Å²) in [4.78, 5) is 15.2. The second-order valence-corrected chi connectivity index (χ2v) is 7.18. The lowest BCUT2D eigenvalue weighted by Crippen LogP contribution is -2.24. The predicted octanol–water partition coefficient (Wildman–Crippen LogP) is 2.06. The monoisotopic (exact) mass is 346 g/mol. The Morgan fingerprint density at radius 3 is 2.67 bits per heavy atom. The number of benzene rings is 1. The number of rotatable bonds is 5. The van der Waals surface area contributed by atoms with Crippen molar-refractivity contribution < 1.29 is 17.9 Å². The van der Waals surface area contributed by atoms with E-state index in [0.29, 0.717) is 5.02 Å². The molecule has 6 nitrogen and oxygen atoms in total. The fraction of sp³-hybridized carbons (Fsp3) is 0.167. The molecule has 1 aromatic carbocycles. The molecule has 0 saturated carbocycles. The van der Waals surface area contributed by atoms with Gasteiger partial charge in [-0.3, -0.25) is 0 Å². The lowest BCUT2D eigenvalue weighted by Gasteiger charge is -2.06. The number of aromatic nitrogens is 1. The minimum Gasteiger partial charge on any atom is -0.464 e. The number of nitrogens with one attached hydrogen (secondary N) is 1. The summed E-state index contributed by atoms with van der Waals surface area (Å²) in [5.74, 6) is -0.789. The van der Waals surface area contributed by atoms with Crippen LogP contribution in [0.1, 0.15) is 16.1 Å². The molecule has 0 amide bonds. The maximum atomic E-state index is 12.2. The van der Waals surface area contributed by atoms with Crippen LogP contribution in [-0.2, 0) is 21.3 Å². The fourth-order valence-corrected chi connectivity index (χ4v) is 3.82. The summed E-state index contributed by atoms with van der Waals surface area (Å²) in [5, 5.41) is 0.567. The van der Waals surface area contributed by atoms with Crippen LogP contribution in [0.4, 0.5) is 0 Å². The molecule has 0 fully saturated rings. The number of sulfonamides is 1. The minimum absolute atomic E-state index is 0.0814. The van der Waals surface area contributed by atoms with E-state index in [1.54, 1.807) is 24.3 Å². The second-order valence-electron chi connectivity index (χ2n) is 3.93. The number of halogens is 1. The Kier molecular flexibility index (Phi) is 4.94. The minimum atomic E-state index is -3.84. The summed E-state index contributed by atoms with van der Waals surface area (Å²) >= 11 is 6.61. The van der Waals surface area contributed by atoms with E-state index in [4.69, 9.17) is 11.6 Å². The molecule has 0 unspecified atom stereocenters. The van der Waals surface area contributed by atoms with Crippen LogP contribution in [-0.4, -0.2) is 26.5 Å². The van der Waals surface area contributed by atoms with Crippen LogP contribution in [0.2, 0.25) is 5.02 Å². The fourth-order valence-electron chi connectivity index (χ4n) is 1.50. The highest BCUT2D eigenvalue weighted by molar-refractivity contribution is 7.91. The third-order valence-corrected chi connectivity index (χ3v) is 5.56. The molecule has 0 aliphatic heterocycles. The van der Waals surface area contributed by atoms with Crippen molar-refractivity contribution in [3.63, 3.8) is 0 Å². The molecule has 2 rings (SSSR count). The Morgan fingerprint density at radius 2 is 2.05 bits per heavy atom. The van der Waals surface area contributed by atoms with Crippen LogP contribution < -0.4 is 4.72 Å². The highest BCUT2D eigenvalue weighted by atomic mass is 35.5. The van der Waals surface area contributed by atoms with E-state index in [9.17, 15) is 13.2 Å². The van der Waals surface area contributed by atoms with E-state index >= 15 is 0 Å². The average Bonchev–Trinajstić information content (AvgIpc) is 2.96. The lowest BCUT2D eigenvalue weighted by molar-refractivity contribution is 0.0590. The van der Waals surface area contributed by atoms with Crippen molar-refractivity contribution in [3.05, 3.63) is 46.1 Å². The number of methoxy groups -OCH3 is 1. The Bertz CT molecular complexity index is 741. The molecule has 21 heavy (non-hydrogen) atoms. The van der Waals surface area contributed by atoms with Crippen molar-refractivity contribution in [3.8, 4) is 0 Å². The van der Waals surface area contributed by atoms with Crippen LogP contribution in [0.5, 0.6) is 0 Å². The predicted molar refractivity (Wildman–Crippen MR) is 78.9 cm³/mol. The van der Waals surface area contributed by atoms with Gasteiger partial charge in [0.05, 0.1) is 12.6 Å². The molecular weight excluding hydrogens is 336 g/mol. The summed E-state index contributed by atoms with van der Waals surface area (Å²) in [7, 11) is -2.67. The maximum Gasteiger partial charge on any atom is 0.358 e. The molecule has 0 aliphatic carbocycles. The number of ether oxygens (including phenoxy) is 1. The van der Waals surface area contributed by atoms with E-state index in [0.717, 1.165) is 16.9 Å². The average molecular weight is 347 g/mol. The Balaban J connectivity index is 2.17. The SMILES string of the molecule is COC(=O)c1ncsc1S(=O)(=O)NCc1ccc(Cl)cc1. The third-order valence-electron chi connectivity index (χ3n) is 2.54. The molecule has 0 atom stereocenters. The van der Waals surface area contributed by atoms with E-state index in [2.05, 4.69) is 14.4 Å². The van der Waals surface area contributed by atoms with Gasteiger partial charge in [-0.05, 0) is 17.7 Å². The van der Waals surface area contributed by atoms with Crippen LogP contribution in [0.15, 0.2) is 34.0 Å². The number of carbonyl (C=O) groups excluding carboxylic acids is 1. The lowest BCUT2D eigenvalue weighted by atomic mass is 10.2. The number of nitrogens with zero attached hydrogens (tertiary/aromatic N) is 1. The van der Waals surface area contributed by atoms with Gasteiger partial charge in [-0.25, -0.2) is 22.9 Å². The van der Waals surface area contributed by atoms with Crippen molar-refractivity contribution in [1.82, 2.24) is 9.71 Å². The van der Waals surface area contributed by atoms with Crippen molar-refractivity contribution in [2.24, 2.45) is 0 Å². The summed E-state index contributed by atoms with van der Waals surface area (Å²) < 4.78 is 31.1. The number of hydrogen-bond acceptors (Lipinski definition) is 6. The molecule has 1 aromatic heterocycles. The van der Waals surface area contributed by atoms with Crippen LogP contribution >= 0.6 is 22.9 Å². The summed E-state index contributed by atoms with van der Waals surface area (Å²) in [6.07, 6.45) is 0. The van der Waals surface area contributed by atoms with Gasteiger partial charge >= 0.3 is 5.97 Å². The van der Waals surface area contributed by atoms with Gasteiger partial charge in [0, 0.05) is 11.6 Å². The Morgan fingerprint density at radius 1 is 1.38 bits per heavy atom. The van der Waals surface area contributed by atoms with E-state index in [1.807, 2.05) is 0 Å². The zero-order valence-corrected chi connectivity index (χ0v) is 13.3. The molecular formula is C12H11ClN2O4S2. The molecule has 1 N–H and O–H groups in total. The van der Waals surface area contributed by atoms with Crippen molar-refractivity contribution in [1.29, 1.82) is 0 Å². The standard InChI is InChI=1S/C12H11ClN2O4S2/c1-19-11(16)10-12(20-7-14-10)21(17,18)15-6-8-2-4-9(13)5-3-8/h2-5,7,15H,6H2,1H3. The topological polar surface area (TPSA) is 85.4 Å². The first-order chi connectivity index (χ1) is 9.94. The first kappa shape index (κ1) is 15.9. The molecule has 1 heterocycles. The quantitative estimate of drug-likeness (QED) is 0.837. The van der Waals surface area contributed by atoms with Crippen LogP contribution in [0.3, 0.4) is 0 Å². The molecule has 2 aromatic rings. The Hall–Kier alpha value is -1.48. The maximum absolute atomic E-state index is 12.2. The molecule has 0 saturated heterocycles. The van der Waals surface area contributed by atoms with Gasteiger partial charge < -0.3 is 4.74 Å². The zero-order valence-electron chi connectivity index (χ0n) is 10.9. The van der Waals surface area contributed by atoms with E-state index in [1.165, 1.54) is 12.6 Å². The first-order valence-corrected chi connectivity index (χ1v) is 8.44. The van der Waals surface area contributed by atoms with Gasteiger partial charge in [0.25, 0.3) is 10.0 Å². The smallest absolute Gasteiger partial charge is 0.358 e. The Labute approximate surface area is 130 Å². The molecule has 112 valence electrons. The number of hydrogen-bond donors (Lipinski definition) is 1. The molecule has 0 bridgehead atoms. The van der Waals surface area contributed by atoms with Gasteiger partial charge in [-0.2, -0.15) is 0 Å². The van der Waals surface area contributed by atoms with Crippen LogP contribution in [0.25, 0.3) is 0 Å². The molecule has 0 spiro atoms. The number of carbonyl (C=O) groups is 1. The van der Waals surface area contributed by atoms with Gasteiger partial charge in [-0.1, -0.05) is 23.7 Å². The summed E-state index contributed by atoms with van der Waals surface area (Å²) in [6, 6.07) is 6.74. The van der Waals surface area contributed by atoms with E-state index < -0.39 is 16.0 Å². The van der Waals surface area contributed by atoms with E-state index in [-0.39, 0.29) is 16.4 Å². The normalized spacial score (nSPS) is 11.3. The van der Waals surface area contributed by atoms with Gasteiger partial charge in [-0.15, -0.1) is 11.3 Å². The number of esters is 1. The highest BCUT2D eigenvalue weighted by Gasteiger charge is 2.26. The largest absolute Gasteiger partial charge is 0.464 e. The first-order valence-electron chi connectivity index (χ1n) is 5.70. The van der Waals surface area contributed by atoms with Gasteiger partial charge in [0.1, 0.15) is 0 Å². The van der Waals surface area contributed by atoms with Crippen molar-refractivity contribution in [2.45, 2.75) is 10.8 Å². The summed E-state index contributed by atoms with van der Waals surface area (Å²) in [5.41, 5.74) is 1.81. The van der Waals surface area contributed by atoms with Crippen LogP contribution in [0, 0.1) is 0 Å². The van der Waals surface area contributed by atoms with Crippen molar-refractivity contribution >= 4 is 38.9 Å². The molecule has 0 aliphatic rings. The summed E-state index contributed by atoms with van der Waals surface area (Å²) in [6.45, 7) is 0.0814. The highest BCUT2D eigenvalue weighted by Crippen LogP contribution is 2.21. The zero-order chi connectivity index (χ0) is 15.5. The second kappa shape index (κ2) is 6.52. The van der Waals surface area contributed by atoms with Crippen molar-refractivity contribution in [2.75, 3.05) is 7.11 Å². The van der Waals surface area contributed by atoms with Gasteiger partial charge in [0.2, 0.25) is 0 Å².